The van der Waals surface area contributed by atoms with Gasteiger partial charge in [-0.05, 0) is 42.5 Å². The number of benzene rings is 2. The number of aryl methyl sites for hydroxylation is 1. The lowest BCUT2D eigenvalue weighted by Crippen LogP contribution is -2.21. The molecule has 0 unspecified atom stereocenters. The SMILES string of the molecule is Cc1ccc([N+](=O)[O-])c(NC(=O)COC(=O)c2cc3ccccc3s2)c1C. The highest BCUT2D eigenvalue weighted by Gasteiger charge is 2.20. The molecule has 0 fully saturated rings. The van der Waals surface area contributed by atoms with Gasteiger partial charge in [-0.3, -0.25) is 14.9 Å². The highest BCUT2D eigenvalue weighted by molar-refractivity contribution is 7.20. The van der Waals surface area contributed by atoms with E-state index in [0.29, 0.717) is 10.4 Å². The number of nitrogens with one attached hydrogen (secondary N) is 1. The van der Waals surface area contributed by atoms with Gasteiger partial charge in [-0.15, -0.1) is 11.3 Å². The van der Waals surface area contributed by atoms with Crippen LogP contribution in [-0.4, -0.2) is 23.4 Å². The van der Waals surface area contributed by atoms with E-state index in [2.05, 4.69) is 5.32 Å². The third-order valence-corrected chi connectivity index (χ3v) is 5.23. The highest BCUT2D eigenvalue weighted by Crippen LogP contribution is 2.30. The normalized spacial score (nSPS) is 10.6. The smallest absolute Gasteiger partial charge is 0.348 e. The number of thiophene rings is 1. The molecule has 0 aliphatic heterocycles. The molecule has 1 heterocycles. The summed E-state index contributed by atoms with van der Waals surface area (Å²) >= 11 is 1.28. The van der Waals surface area contributed by atoms with Crippen LogP contribution in [0.2, 0.25) is 0 Å². The Morgan fingerprint density at radius 1 is 1.19 bits per heavy atom. The summed E-state index contributed by atoms with van der Waals surface area (Å²) in [5, 5.41) is 14.6. The summed E-state index contributed by atoms with van der Waals surface area (Å²) in [6, 6.07) is 12.2. The Hall–Kier alpha value is -3.26. The molecule has 3 aromatic rings. The number of carbonyl (C=O) groups excluding carboxylic acids is 2. The van der Waals surface area contributed by atoms with Gasteiger partial charge in [-0.1, -0.05) is 24.3 Å². The molecule has 1 amide bonds. The number of nitrogens with zero attached hydrogens (tertiary/aromatic N) is 1. The van der Waals surface area contributed by atoms with E-state index in [1.807, 2.05) is 24.3 Å². The van der Waals surface area contributed by atoms with Crippen LogP contribution in [0.15, 0.2) is 42.5 Å². The van der Waals surface area contributed by atoms with Crippen LogP contribution >= 0.6 is 11.3 Å². The minimum absolute atomic E-state index is 0.114. The zero-order valence-corrected chi connectivity index (χ0v) is 15.5. The van der Waals surface area contributed by atoms with Crippen molar-refractivity contribution >= 4 is 44.7 Å². The van der Waals surface area contributed by atoms with Crippen molar-refractivity contribution in [2.24, 2.45) is 0 Å². The molecule has 0 saturated carbocycles. The van der Waals surface area contributed by atoms with Gasteiger partial charge in [0.15, 0.2) is 6.61 Å². The lowest BCUT2D eigenvalue weighted by Gasteiger charge is -2.11. The fourth-order valence-electron chi connectivity index (χ4n) is 2.57. The van der Waals surface area contributed by atoms with Crippen LogP contribution < -0.4 is 5.32 Å². The second kappa shape index (κ2) is 7.55. The number of esters is 1. The maximum atomic E-state index is 12.2. The van der Waals surface area contributed by atoms with E-state index in [9.17, 15) is 19.7 Å². The molecular weight excluding hydrogens is 368 g/mol. The average molecular weight is 384 g/mol. The van der Waals surface area contributed by atoms with Gasteiger partial charge in [0.25, 0.3) is 11.6 Å². The molecule has 0 aliphatic rings. The highest BCUT2D eigenvalue weighted by atomic mass is 32.1. The molecule has 138 valence electrons. The molecule has 1 N–H and O–H groups in total. The molecule has 27 heavy (non-hydrogen) atoms. The van der Waals surface area contributed by atoms with Crippen molar-refractivity contribution in [1.29, 1.82) is 0 Å². The number of carbonyl (C=O) groups is 2. The van der Waals surface area contributed by atoms with Crippen molar-refractivity contribution in [3.05, 3.63) is 68.6 Å². The molecule has 2 aromatic carbocycles. The largest absolute Gasteiger partial charge is 0.451 e. The third-order valence-electron chi connectivity index (χ3n) is 4.14. The van der Waals surface area contributed by atoms with Crippen molar-refractivity contribution in [2.75, 3.05) is 11.9 Å². The molecule has 8 heteroatoms. The lowest BCUT2D eigenvalue weighted by atomic mass is 10.1. The molecule has 0 spiro atoms. The monoisotopic (exact) mass is 384 g/mol. The Bertz CT molecular complexity index is 1020. The molecule has 0 aliphatic carbocycles. The van der Waals surface area contributed by atoms with Crippen molar-refractivity contribution in [3.8, 4) is 0 Å². The summed E-state index contributed by atoms with van der Waals surface area (Å²) in [5.41, 5.74) is 1.30. The zero-order chi connectivity index (χ0) is 19.6. The fourth-order valence-corrected chi connectivity index (χ4v) is 3.53. The summed E-state index contributed by atoms with van der Waals surface area (Å²) in [4.78, 5) is 35.3. The number of amides is 1. The number of fused-ring (bicyclic) bond motifs is 1. The van der Waals surface area contributed by atoms with E-state index < -0.39 is 23.4 Å². The van der Waals surface area contributed by atoms with E-state index in [4.69, 9.17) is 4.74 Å². The van der Waals surface area contributed by atoms with Gasteiger partial charge in [0.1, 0.15) is 10.6 Å². The summed E-state index contributed by atoms with van der Waals surface area (Å²) in [5.74, 6) is -1.25. The number of rotatable bonds is 5. The molecule has 1 aromatic heterocycles. The molecule has 0 saturated heterocycles. The van der Waals surface area contributed by atoms with Crippen molar-refractivity contribution in [1.82, 2.24) is 0 Å². The first-order valence-corrected chi connectivity index (χ1v) is 8.88. The van der Waals surface area contributed by atoms with Crippen LogP contribution in [0.3, 0.4) is 0 Å². The van der Waals surface area contributed by atoms with Crippen molar-refractivity contribution < 1.29 is 19.2 Å². The van der Waals surface area contributed by atoms with Gasteiger partial charge < -0.3 is 10.1 Å². The maximum Gasteiger partial charge on any atom is 0.348 e. The Kier molecular flexibility index (Phi) is 5.18. The van der Waals surface area contributed by atoms with Crippen LogP contribution in [0.5, 0.6) is 0 Å². The minimum atomic E-state index is -0.638. The Balaban J connectivity index is 1.69. The first kappa shape index (κ1) is 18.5. The van der Waals surface area contributed by atoms with E-state index in [1.165, 1.54) is 17.4 Å². The molecule has 0 bridgehead atoms. The number of anilines is 1. The van der Waals surface area contributed by atoms with Gasteiger partial charge in [0, 0.05) is 10.8 Å². The van der Waals surface area contributed by atoms with Crippen LogP contribution in [0.25, 0.3) is 10.1 Å². The van der Waals surface area contributed by atoms with Crippen LogP contribution in [-0.2, 0) is 9.53 Å². The zero-order valence-electron chi connectivity index (χ0n) is 14.6. The number of nitro benzene ring substituents is 1. The lowest BCUT2D eigenvalue weighted by molar-refractivity contribution is -0.384. The molecular formula is C19H16N2O5S. The number of nitro groups is 1. The second-order valence-electron chi connectivity index (χ2n) is 5.93. The summed E-state index contributed by atoms with van der Waals surface area (Å²) in [6.07, 6.45) is 0. The van der Waals surface area contributed by atoms with E-state index in [1.54, 1.807) is 26.0 Å². The fraction of sp³-hybridized carbons (Fsp3) is 0.158. The van der Waals surface area contributed by atoms with Crippen molar-refractivity contribution in [2.45, 2.75) is 13.8 Å². The number of hydrogen-bond donors (Lipinski definition) is 1. The average Bonchev–Trinajstić information content (AvgIpc) is 3.07. The predicted molar refractivity (Wildman–Crippen MR) is 103 cm³/mol. The first-order chi connectivity index (χ1) is 12.9. The van der Waals surface area contributed by atoms with Gasteiger partial charge in [0.2, 0.25) is 0 Å². The van der Waals surface area contributed by atoms with Crippen LogP contribution in [0, 0.1) is 24.0 Å². The van der Waals surface area contributed by atoms with E-state index in [-0.39, 0.29) is 11.4 Å². The topological polar surface area (TPSA) is 98.5 Å². The van der Waals surface area contributed by atoms with Crippen LogP contribution in [0.4, 0.5) is 11.4 Å². The molecule has 3 rings (SSSR count). The van der Waals surface area contributed by atoms with E-state index in [0.717, 1.165) is 15.6 Å². The first-order valence-electron chi connectivity index (χ1n) is 8.07. The molecule has 0 atom stereocenters. The van der Waals surface area contributed by atoms with Crippen molar-refractivity contribution in [3.63, 3.8) is 0 Å². The molecule has 0 radical (unpaired) electrons. The quantitative estimate of drug-likeness (QED) is 0.403. The van der Waals surface area contributed by atoms with Gasteiger partial charge in [-0.2, -0.15) is 0 Å². The van der Waals surface area contributed by atoms with Crippen LogP contribution in [0.1, 0.15) is 20.8 Å². The van der Waals surface area contributed by atoms with Gasteiger partial charge >= 0.3 is 5.97 Å². The van der Waals surface area contributed by atoms with Gasteiger partial charge in [0.05, 0.1) is 4.92 Å². The Morgan fingerprint density at radius 2 is 1.93 bits per heavy atom. The summed E-state index contributed by atoms with van der Waals surface area (Å²) < 4.78 is 6.00. The standard InChI is InChI=1S/C19H16N2O5S/c1-11-7-8-14(21(24)25)18(12(11)2)20-17(22)10-26-19(23)16-9-13-5-3-4-6-15(13)27-16/h3-9H,10H2,1-2H3,(H,20,22). The predicted octanol–water partition coefficient (Wildman–Crippen LogP) is 4.22. The maximum absolute atomic E-state index is 12.2. The minimum Gasteiger partial charge on any atom is -0.451 e. The summed E-state index contributed by atoms with van der Waals surface area (Å²) in [6.45, 7) is 2.94. The van der Waals surface area contributed by atoms with Gasteiger partial charge in [-0.25, -0.2) is 4.79 Å². The number of ether oxygens (including phenoxy) is 1. The second-order valence-corrected chi connectivity index (χ2v) is 7.02. The Morgan fingerprint density at radius 3 is 2.63 bits per heavy atom. The number of hydrogen-bond acceptors (Lipinski definition) is 6. The summed E-state index contributed by atoms with van der Waals surface area (Å²) in [7, 11) is 0. The molecule has 7 nitrogen and oxygen atoms in total. The third kappa shape index (κ3) is 3.95. The Labute approximate surface area is 158 Å². The van der Waals surface area contributed by atoms with E-state index >= 15 is 0 Å².